The highest BCUT2D eigenvalue weighted by atomic mass is 35.5. The average molecular weight is 496 g/mol. The van der Waals surface area contributed by atoms with Gasteiger partial charge in [-0.3, -0.25) is 25.5 Å². The molecular weight excluding hydrogens is 481 g/mol. The van der Waals surface area contributed by atoms with Gasteiger partial charge in [0.15, 0.2) is 11.6 Å². The number of hydrogen-bond acceptors (Lipinski definition) is 6. The van der Waals surface area contributed by atoms with Gasteiger partial charge in [0, 0.05) is 10.9 Å². The zero-order chi connectivity index (χ0) is 23.7. The Morgan fingerprint density at radius 1 is 1.03 bits per heavy atom. The van der Waals surface area contributed by atoms with E-state index in [1.165, 1.54) is 35.6 Å². The first-order chi connectivity index (χ1) is 16.5. The second kappa shape index (κ2) is 9.00. The van der Waals surface area contributed by atoms with Crippen molar-refractivity contribution in [2.24, 2.45) is 0 Å². The van der Waals surface area contributed by atoms with E-state index in [1.807, 2.05) is 0 Å². The SMILES string of the molecule is O=C(NNc1cccc(F)c1)c1ccc(-c2ccc3[nH]nc(NC(=O)c4ccc(Cl)s4)c3c2)o1. The number of fused-ring (bicyclic) bond motifs is 1. The monoisotopic (exact) mass is 495 g/mol. The smallest absolute Gasteiger partial charge is 0.305 e. The minimum Gasteiger partial charge on any atom is -0.451 e. The molecular formula is C23H15ClFN5O3S. The molecule has 2 aromatic carbocycles. The van der Waals surface area contributed by atoms with E-state index >= 15 is 0 Å². The van der Waals surface area contributed by atoms with Crippen LogP contribution in [0.3, 0.4) is 0 Å². The van der Waals surface area contributed by atoms with Crippen LogP contribution in [0.2, 0.25) is 4.34 Å². The lowest BCUT2D eigenvalue weighted by Gasteiger charge is -2.07. The van der Waals surface area contributed by atoms with Crippen LogP contribution in [0.15, 0.2) is 71.1 Å². The standard InChI is InChI=1S/C23H15ClFN5O3S/c24-20-9-8-19(34-20)23(32)26-21-15-10-12(4-5-16(15)28-29-21)17-6-7-18(33-17)22(31)30-27-14-3-1-2-13(25)11-14/h1-11,27H,(H,30,31)(H2,26,28,29,32). The van der Waals surface area contributed by atoms with Crippen molar-refractivity contribution in [3.05, 3.63) is 87.5 Å². The van der Waals surface area contributed by atoms with Crippen LogP contribution in [-0.2, 0) is 0 Å². The van der Waals surface area contributed by atoms with E-state index in [0.717, 1.165) is 0 Å². The van der Waals surface area contributed by atoms with Crippen LogP contribution in [0.5, 0.6) is 0 Å². The number of amides is 2. The molecule has 3 heterocycles. The molecule has 3 aromatic heterocycles. The van der Waals surface area contributed by atoms with Crippen molar-refractivity contribution in [3.8, 4) is 11.3 Å². The normalized spacial score (nSPS) is 10.9. The van der Waals surface area contributed by atoms with Gasteiger partial charge in [0.05, 0.1) is 20.4 Å². The quantitative estimate of drug-likeness (QED) is 0.226. The number of thiophene rings is 1. The summed E-state index contributed by atoms with van der Waals surface area (Å²) in [6, 6.07) is 17.6. The van der Waals surface area contributed by atoms with Gasteiger partial charge in [-0.05, 0) is 60.7 Å². The molecule has 4 N–H and O–H groups in total. The number of furan rings is 1. The largest absolute Gasteiger partial charge is 0.451 e. The maximum atomic E-state index is 13.3. The van der Waals surface area contributed by atoms with E-state index in [0.29, 0.717) is 42.9 Å². The fourth-order valence-electron chi connectivity index (χ4n) is 3.24. The number of anilines is 2. The number of hydrogen-bond donors (Lipinski definition) is 4. The molecule has 0 aliphatic rings. The summed E-state index contributed by atoms with van der Waals surface area (Å²) in [6.45, 7) is 0. The third-order valence-corrected chi connectivity index (χ3v) is 6.08. The Labute approximate surface area is 200 Å². The lowest BCUT2D eigenvalue weighted by Crippen LogP contribution is -2.28. The lowest BCUT2D eigenvalue weighted by atomic mass is 10.1. The molecule has 8 nitrogen and oxygen atoms in total. The molecule has 2 amide bonds. The molecule has 170 valence electrons. The van der Waals surface area contributed by atoms with Gasteiger partial charge in [-0.1, -0.05) is 17.7 Å². The second-order valence-corrected chi connectivity index (χ2v) is 8.86. The predicted octanol–water partition coefficient (Wildman–Crippen LogP) is 5.69. The van der Waals surface area contributed by atoms with E-state index in [1.54, 1.807) is 42.5 Å². The number of rotatable bonds is 6. The first-order valence-corrected chi connectivity index (χ1v) is 11.1. The molecule has 0 aliphatic carbocycles. The highest BCUT2D eigenvalue weighted by Crippen LogP contribution is 2.30. The zero-order valence-electron chi connectivity index (χ0n) is 17.2. The highest BCUT2D eigenvalue weighted by molar-refractivity contribution is 7.18. The summed E-state index contributed by atoms with van der Waals surface area (Å²) in [4.78, 5) is 25.3. The summed E-state index contributed by atoms with van der Waals surface area (Å²) in [6.07, 6.45) is 0. The molecule has 0 atom stereocenters. The number of hydrazine groups is 1. The molecule has 34 heavy (non-hydrogen) atoms. The number of aromatic nitrogens is 2. The predicted molar refractivity (Wildman–Crippen MR) is 129 cm³/mol. The van der Waals surface area contributed by atoms with Crippen molar-refractivity contribution in [3.63, 3.8) is 0 Å². The first-order valence-electron chi connectivity index (χ1n) is 9.93. The topological polar surface area (TPSA) is 112 Å². The molecule has 5 rings (SSSR count). The summed E-state index contributed by atoms with van der Waals surface area (Å²) < 4.78 is 19.5. The molecule has 0 saturated heterocycles. The fourth-order valence-corrected chi connectivity index (χ4v) is 4.18. The van der Waals surface area contributed by atoms with Gasteiger partial charge in [0.2, 0.25) is 0 Å². The third kappa shape index (κ3) is 4.49. The van der Waals surface area contributed by atoms with Crippen molar-refractivity contribution in [1.82, 2.24) is 15.6 Å². The molecule has 0 saturated carbocycles. The van der Waals surface area contributed by atoms with Crippen LogP contribution in [0, 0.1) is 5.82 Å². The van der Waals surface area contributed by atoms with Crippen molar-refractivity contribution in [1.29, 1.82) is 0 Å². The molecule has 0 radical (unpaired) electrons. The molecule has 11 heteroatoms. The molecule has 0 bridgehead atoms. The Kier molecular flexibility index (Phi) is 5.74. The summed E-state index contributed by atoms with van der Waals surface area (Å²) >= 11 is 7.08. The number of carbonyl (C=O) groups is 2. The molecule has 0 unspecified atom stereocenters. The number of nitrogens with zero attached hydrogens (tertiary/aromatic N) is 1. The molecule has 5 aromatic rings. The minimum absolute atomic E-state index is 0.0642. The maximum absolute atomic E-state index is 13.3. The molecule has 0 fully saturated rings. The van der Waals surface area contributed by atoms with Crippen LogP contribution in [0.25, 0.3) is 22.2 Å². The molecule has 0 aliphatic heterocycles. The van der Waals surface area contributed by atoms with Gasteiger partial charge in [-0.15, -0.1) is 11.3 Å². The third-order valence-electron chi connectivity index (χ3n) is 4.85. The van der Waals surface area contributed by atoms with Crippen LogP contribution in [0.1, 0.15) is 20.2 Å². The van der Waals surface area contributed by atoms with Crippen LogP contribution in [0.4, 0.5) is 15.9 Å². The number of benzene rings is 2. The van der Waals surface area contributed by atoms with Gasteiger partial charge in [0.25, 0.3) is 5.91 Å². The van der Waals surface area contributed by atoms with Crippen LogP contribution < -0.4 is 16.2 Å². The van der Waals surface area contributed by atoms with Crippen molar-refractivity contribution >= 4 is 57.2 Å². The summed E-state index contributed by atoms with van der Waals surface area (Å²) in [5.41, 5.74) is 6.88. The zero-order valence-corrected chi connectivity index (χ0v) is 18.8. The Balaban J connectivity index is 1.33. The first kappa shape index (κ1) is 21.7. The van der Waals surface area contributed by atoms with E-state index in [4.69, 9.17) is 16.0 Å². The van der Waals surface area contributed by atoms with Gasteiger partial charge < -0.3 is 9.73 Å². The van der Waals surface area contributed by atoms with Gasteiger partial charge in [-0.25, -0.2) is 4.39 Å². The number of nitrogens with one attached hydrogen (secondary N) is 4. The lowest BCUT2D eigenvalue weighted by molar-refractivity contribution is 0.0935. The summed E-state index contributed by atoms with van der Waals surface area (Å²) in [5, 5.41) is 10.5. The van der Waals surface area contributed by atoms with Crippen LogP contribution >= 0.6 is 22.9 Å². The van der Waals surface area contributed by atoms with Gasteiger partial charge >= 0.3 is 5.91 Å². The number of carbonyl (C=O) groups excluding carboxylic acids is 2. The van der Waals surface area contributed by atoms with E-state index in [9.17, 15) is 14.0 Å². The Morgan fingerprint density at radius 3 is 2.71 bits per heavy atom. The van der Waals surface area contributed by atoms with E-state index in [-0.39, 0.29) is 11.7 Å². The molecule has 0 spiro atoms. The highest BCUT2D eigenvalue weighted by Gasteiger charge is 2.16. The van der Waals surface area contributed by atoms with E-state index < -0.39 is 11.7 Å². The van der Waals surface area contributed by atoms with Crippen molar-refractivity contribution in [2.75, 3.05) is 10.7 Å². The summed E-state index contributed by atoms with van der Waals surface area (Å²) in [5.74, 6) is -0.407. The van der Waals surface area contributed by atoms with Crippen molar-refractivity contribution in [2.45, 2.75) is 0 Å². The second-order valence-electron chi connectivity index (χ2n) is 7.14. The number of halogens is 2. The Hall–Kier alpha value is -4.15. The van der Waals surface area contributed by atoms with Gasteiger partial charge in [0.1, 0.15) is 11.6 Å². The van der Waals surface area contributed by atoms with Crippen molar-refractivity contribution < 1.29 is 18.4 Å². The summed E-state index contributed by atoms with van der Waals surface area (Å²) in [7, 11) is 0. The minimum atomic E-state index is -0.525. The number of H-pyrrole nitrogens is 1. The Bertz CT molecular complexity index is 1530. The Morgan fingerprint density at radius 2 is 1.91 bits per heavy atom. The van der Waals surface area contributed by atoms with Gasteiger partial charge in [-0.2, -0.15) is 5.10 Å². The maximum Gasteiger partial charge on any atom is 0.305 e. The van der Waals surface area contributed by atoms with E-state index in [2.05, 4.69) is 26.4 Å². The average Bonchev–Trinajstić information content (AvgIpc) is 3.57. The fraction of sp³-hybridized carbons (Fsp3) is 0. The number of aromatic amines is 1. The van der Waals surface area contributed by atoms with Crippen LogP contribution in [-0.4, -0.2) is 22.0 Å².